The summed E-state index contributed by atoms with van der Waals surface area (Å²) in [5.41, 5.74) is 8.10. The average molecular weight is 227 g/mol. The van der Waals surface area contributed by atoms with Crippen LogP contribution in [0.4, 0.5) is 0 Å². The second-order valence-electron chi connectivity index (χ2n) is 4.11. The molecule has 0 bridgehead atoms. The van der Waals surface area contributed by atoms with E-state index >= 15 is 0 Å². The van der Waals surface area contributed by atoms with E-state index in [1.807, 2.05) is 32.0 Å². The van der Waals surface area contributed by atoms with Crippen molar-refractivity contribution in [3.05, 3.63) is 29.3 Å². The summed E-state index contributed by atoms with van der Waals surface area (Å²) in [7, 11) is -0.799. The van der Waals surface area contributed by atoms with Crippen LogP contribution < -0.4 is 11.2 Å². The smallest absolute Gasteiger partial charge is 0.423 e. The molecule has 3 nitrogen and oxygen atoms in total. The lowest BCUT2D eigenvalue weighted by atomic mass is 9.78. The van der Waals surface area contributed by atoms with Gasteiger partial charge in [0.1, 0.15) is 0 Å². The number of hydrogen-bond acceptors (Lipinski definition) is 3. The first kappa shape index (κ1) is 12.5. The predicted molar refractivity (Wildman–Crippen MR) is 63.3 cm³/mol. The molecule has 1 heterocycles. The first-order valence-corrected chi connectivity index (χ1v) is 4.74. The molecule has 1 aliphatic rings. The molecule has 82 valence electrons. The van der Waals surface area contributed by atoms with E-state index in [9.17, 15) is 5.02 Å². The summed E-state index contributed by atoms with van der Waals surface area (Å²) >= 11 is 0. The highest BCUT2D eigenvalue weighted by atomic mass is 35.5. The van der Waals surface area contributed by atoms with E-state index < -0.39 is 12.7 Å². The maximum absolute atomic E-state index is 9.63. The Kier molecular flexibility index (Phi) is 3.46. The van der Waals surface area contributed by atoms with Gasteiger partial charge in [0.05, 0.1) is 5.60 Å². The number of rotatable bonds is 1. The Morgan fingerprint density at radius 2 is 2.13 bits per heavy atom. The fourth-order valence-corrected chi connectivity index (χ4v) is 1.87. The van der Waals surface area contributed by atoms with Crippen molar-refractivity contribution >= 4 is 25.0 Å². The zero-order valence-corrected chi connectivity index (χ0v) is 9.67. The van der Waals surface area contributed by atoms with Crippen molar-refractivity contribution in [1.82, 2.24) is 0 Å². The molecule has 0 aromatic heterocycles. The highest BCUT2D eigenvalue weighted by Crippen LogP contribution is 2.29. The molecule has 0 atom stereocenters. The molecule has 5 heteroatoms. The Bertz CT molecular complexity index is 370. The maximum atomic E-state index is 9.63. The standard InChI is InChI=1S/C10H14BNO2.ClH/c1-10(2)8-5-7(6-12)3-4-9(8)11(13)14-10;/h3-5,13H,6,12H2,1-2H3;1H. The monoisotopic (exact) mass is 227 g/mol. The minimum absolute atomic E-state index is 0. The van der Waals surface area contributed by atoms with Gasteiger partial charge in [0, 0.05) is 6.54 Å². The van der Waals surface area contributed by atoms with E-state index in [0.29, 0.717) is 6.54 Å². The van der Waals surface area contributed by atoms with Crippen molar-refractivity contribution in [2.24, 2.45) is 5.73 Å². The van der Waals surface area contributed by atoms with Crippen LogP contribution in [0.25, 0.3) is 0 Å². The lowest BCUT2D eigenvalue weighted by molar-refractivity contribution is 0.101. The fraction of sp³-hybridized carbons (Fsp3) is 0.400. The van der Waals surface area contributed by atoms with Crippen molar-refractivity contribution in [1.29, 1.82) is 0 Å². The fourth-order valence-electron chi connectivity index (χ4n) is 1.87. The molecular weight excluding hydrogens is 212 g/mol. The molecule has 1 aromatic carbocycles. The van der Waals surface area contributed by atoms with Gasteiger partial charge in [-0.3, -0.25) is 0 Å². The number of nitrogens with two attached hydrogens (primary N) is 1. The van der Waals surface area contributed by atoms with E-state index in [2.05, 4.69) is 0 Å². The molecule has 0 saturated heterocycles. The number of benzene rings is 1. The Balaban J connectivity index is 0.00000112. The SMILES string of the molecule is CC1(C)OB(O)c2ccc(CN)cc21.Cl. The summed E-state index contributed by atoms with van der Waals surface area (Å²) in [6.45, 7) is 4.41. The van der Waals surface area contributed by atoms with Crippen LogP contribution in [-0.4, -0.2) is 12.1 Å². The topological polar surface area (TPSA) is 55.5 Å². The van der Waals surface area contributed by atoms with E-state index in [1.54, 1.807) is 0 Å². The van der Waals surface area contributed by atoms with Crippen molar-refractivity contribution in [3.8, 4) is 0 Å². The normalized spacial score (nSPS) is 17.2. The van der Waals surface area contributed by atoms with Crippen molar-refractivity contribution in [2.75, 3.05) is 0 Å². The van der Waals surface area contributed by atoms with Gasteiger partial charge in [0.25, 0.3) is 0 Å². The van der Waals surface area contributed by atoms with Crippen LogP contribution in [0.15, 0.2) is 18.2 Å². The highest BCUT2D eigenvalue weighted by Gasteiger charge is 2.40. The molecule has 0 radical (unpaired) electrons. The third-order valence-electron chi connectivity index (χ3n) is 2.67. The van der Waals surface area contributed by atoms with Crippen molar-refractivity contribution in [3.63, 3.8) is 0 Å². The predicted octanol–water partition coefficient (Wildman–Crippen LogP) is 0.520. The second kappa shape index (κ2) is 4.14. The quantitative estimate of drug-likeness (QED) is 0.688. The summed E-state index contributed by atoms with van der Waals surface area (Å²) in [5, 5.41) is 9.63. The van der Waals surface area contributed by atoms with Gasteiger partial charge in [-0.1, -0.05) is 18.2 Å². The Morgan fingerprint density at radius 3 is 2.73 bits per heavy atom. The Morgan fingerprint density at radius 1 is 1.47 bits per heavy atom. The summed E-state index contributed by atoms with van der Waals surface area (Å²) < 4.78 is 5.43. The summed E-state index contributed by atoms with van der Waals surface area (Å²) in [6, 6.07) is 5.81. The first-order valence-electron chi connectivity index (χ1n) is 4.74. The third-order valence-corrected chi connectivity index (χ3v) is 2.67. The van der Waals surface area contributed by atoms with Crippen LogP contribution >= 0.6 is 12.4 Å². The molecule has 2 rings (SSSR count). The van der Waals surface area contributed by atoms with Gasteiger partial charge in [-0.15, -0.1) is 12.4 Å². The molecule has 0 aliphatic carbocycles. The number of halogens is 1. The minimum atomic E-state index is -0.799. The molecule has 3 N–H and O–H groups in total. The molecule has 1 aliphatic heterocycles. The van der Waals surface area contributed by atoms with E-state index in [1.165, 1.54) is 0 Å². The van der Waals surface area contributed by atoms with Crippen LogP contribution in [0, 0.1) is 0 Å². The molecule has 0 unspecified atom stereocenters. The molecule has 1 aromatic rings. The van der Waals surface area contributed by atoms with Gasteiger partial charge in [-0.25, -0.2) is 0 Å². The summed E-state index contributed by atoms with van der Waals surface area (Å²) in [5.74, 6) is 0. The van der Waals surface area contributed by atoms with E-state index in [0.717, 1.165) is 16.6 Å². The van der Waals surface area contributed by atoms with E-state index in [4.69, 9.17) is 10.4 Å². The van der Waals surface area contributed by atoms with Gasteiger partial charge in [-0.05, 0) is 30.4 Å². The van der Waals surface area contributed by atoms with Gasteiger partial charge in [0.2, 0.25) is 0 Å². The largest absolute Gasteiger partial charge is 0.492 e. The van der Waals surface area contributed by atoms with Crippen LogP contribution in [-0.2, 0) is 16.8 Å². The lowest BCUT2D eigenvalue weighted by Crippen LogP contribution is -2.28. The van der Waals surface area contributed by atoms with Gasteiger partial charge < -0.3 is 15.4 Å². The van der Waals surface area contributed by atoms with Crippen LogP contribution in [0.2, 0.25) is 0 Å². The zero-order chi connectivity index (χ0) is 10.3. The second-order valence-corrected chi connectivity index (χ2v) is 4.11. The molecule has 0 fully saturated rings. The average Bonchev–Trinajstić information content (AvgIpc) is 2.37. The molecule has 15 heavy (non-hydrogen) atoms. The lowest BCUT2D eigenvalue weighted by Gasteiger charge is -2.20. The van der Waals surface area contributed by atoms with E-state index in [-0.39, 0.29) is 12.4 Å². The van der Waals surface area contributed by atoms with Crippen molar-refractivity contribution in [2.45, 2.75) is 26.0 Å². The number of fused-ring (bicyclic) bond motifs is 1. The first-order chi connectivity index (χ1) is 6.54. The number of hydrogen-bond donors (Lipinski definition) is 2. The highest BCUT2D eigenvalue weighted by molar-refractivity contribution is 6.61. The van der Waals surface area contributed by atoms with Gasteiger partial charge in [0.15, 0.2) is 0 Å². The molecule has 0 saturated carbocycles. The summed E-state index contributed by atoms with van der Waals surface area (Å²) in [6.07, 6.45) is 0. The van der Waals surface area contributed by atoms with Crippen LogP contribution in [0.1, 0.15) is 25.0 Å². The van der Waals surface area contributed by atoms with Crippen LogP contribution in [0.5, 0.6) is 0 Å². The zero-order valence-electron chi connectivity index (χ0n) is 8.86. The third kappa shape index (κ3) is 2.03. The Labute approximate surface area is 96.2 Å². The molecule has 0 spiro atoms. The van der Waals surface area contributed by atoms with Crippen LogP contribution in [0.3, 0.4) is 0 Å². The Hall–Kier alpha value is -0.545. The molecular formula is C10H15BClNO2. The van der Waals surface area contributed by atoms with Gasteiger partial charge >= 0.3 is 7.12 Å². The summed E-state index contributed by atoms with van der Waals surface area (Å²) in [4.78, 5) is 0. The maximum Gasteiger partial charge on any atom is 0.492 e. The molecule has 0 amide bonds. The van der Waals surface area contributed by atoms with Gasteiger partial charge in [-0.2, -0.15) is 0 Å². The minimum Gasteiger partial charge on any atom is -0.423 e. The van der Waals surface area contributed by atoms with Crippen molar-refractivity contribution < 1.29 is 9.68 Å².